The third-order valence-corrected chi connectivity index (χ3v) is 6.26. The molecule has 0 saturated carbocycles. The number of nitrogens with zero attached hydrogens (tertiary/aromatic N) is 2. The number of hydrogen-bond donors (Lipinski definition) is 0. The van der Waals surface area contributed by atoms with E-state index in [1.165, 1.54) is 0 Å². The van der Waals surface area contributed by atoms with E-state index in [1.807, 2.05) is 94.7 Å². The van der Waals surface area contributed by atoms with E-state index in [2.05, 4.69) is 24.3 Å². The fourth-order valence-corrected chi connectivity index (χ4v) is 4.60. The van der Waals surface area contributed by atoms with E-state index in [0.717, 1.165) is 22.5 Å². The first-order valence-electron chi connectivity index (χ1n) is 10.4. The number of benzene rings is 4. The molecule has 5 heteroatoms. The van der Waals surface area contributed by atoms with Crippen molar-refractivity contribution in [2.24, 2.45) is 0 Å². The lowest BCUT2D eigenvalue weighted by Gasteiger charge is -2.29. The van der Waals surface area contributed by atoms with Crippen LogP contribution in [0.1, 0.15) is 23.2 Å². The smallest absolute Gasteiger partial charge is 0.284 e. The molecular formula is C27H20Cl2N2O. The molecule has 3 nitrogen and oxygen atoms in total. The van der Waals surface area contributed by atoms with Gasteiger partial charge in [0.25, 0.3) is 0 Å². The summed E-state index contributed by atoms with van der Waals surface area (Å²) in [7, 11) is 0. The molecule has 0 spiro atoms. The summed E-state index contributed by atoms with van der Waals surface area (Å²) >= 11 is 12.3. The Hall–Kier alpha value is -3.27. The van der Waals surface area contributed by atoms with Crippen molar-refractivity contribution < 1.29 is 4.79 Å². The van der Waals surface area contributed by atoms with Crippen LogP contribution in [0, 0.1) is 0 Å². The molecule has 158 valence electrons. The number of rotatable bonds is 4. The number of anilines is 2. The van der Waals surface area contributed by atoms with Gasteiger partial charge in [0.15, 0.2) is 0 Å². The van der Waals surface area contributed by atoms with Crippen LogP contribution in [-0.2, 0) is 0 Å². The third-order valence-electron chi connectivity index (χ3n) is 5.76. The fraction of sp³-hybridized carbons (Fsp3) is 0.0741. The lowest BCUT2D eigenvalue weighted by molar-refractivity contribution is 0.255. The molecule has 4 aromatic rings. The summed E-state index contributed by atoms with van der Waals surface area (Å²) in [6.45, 7) is 0. The second-order valence-electron chi connectivity index (χ2n) is 7.69. The second kappa shape index (κ2) is 8.70. The van der Waals surface area contributed by atoms with Gasteiger partial charge in [-0.25, -0.2) is 4.79 Å². The maximum absolute atomic E-state index is 14.0. The monoisotopic (exact) mass is 458 g/mol. The van der Waals surface area contributed by atoms with Crippen LogP contribution < -0.4 is 9.80 Å². The third kappa shape index (κ3) is 3.75. The van der Waals surface area contributed by atoms with E-state index in [9.17, 15) is 4.79 Å². The van der Waals surface area contributed by atoms with Crippen molar-refractivity contribution in [1.82, 2.24) is 0 Å². The van der Waals surface area contributed by atoms with Crippen LogP contribution in [-0.4, -0.2) is 6.03 Å². The van der Waals surface area contributed by atoms with Gasteiger partial charge in [0.1, 0.15) is 0 Å². The maximum Gasteiger partial charge on any atom is 0.330 e. The first kappa shape index (κ1) is 20.6. The minimum atomic E-state index is -0.233. The largest absolute Gasteiger partial charge is 0.330 e. The SMILES string of the molecule is O=C1N(c2ccc(Cl)cc2)[C@H](c2ccccc2)[C@@H](c2ccccc2)N1c1ccc(Cl)cc1. The van der Waals surface area contributed by atoms with E-state index >= 15 is 0 Å². The number of hydrogen-bond acceptors (Lipinski definition) is 1. The van der Waals surface area contributed by atoms with E-state index in [-0.39, 0.29) is 18.1 Å². The highest BCUT2D eigenvalue weighted by Gasteiger charge is 2.48. The predicted octanol–water partition coefficient (Wildman–Crippen LogP) is 7.92. The highest BCUT2D eigenvalue weighted by atomic mass is 35.5. The van der Waals surface area contributed by atoms with Crippen LogP contribution in [0.25, 0.3) is 0 Å². The number of carbonyl (C=O) groups excluding carboxylic acids is 1. The van der Waals surface area contributed by atoms with E-state index in [4.69, 9.17) is 23.2 Å². The lowest BCUT2D eigenvalue weighted by Crippen LogP contribution is -2.32. The molecule has 1 aliphatic rings. The minimum Gasteiger partial charge on any atom is -0.284 e. The molecule has 0 radical (unpaired) electrons. The van der Waals surface area contributed by atoms with Gasteiger partial charge in [-0.1, -0.05) is 83.9 Å². The summed E-state index contributed by atoms with van der Waals surface area (Å²) in [6.07, 6.45) is 0. The highest BCUT2D eigenvalue weighted by Crippen LogP contribution is 2.49. The number of carbonyl (C=O) groups is 1. The van der Waals surface area contributed by atoms with Crippen molar-refractivity contribution in [1.29, 1.82) is 0 Å². The van der Waals surface area contributed by atoms with Crippen LogP contribution in [0.5, 0.6) is 0 Å². The number of amides is 2. The highest BCUT2D eigenvalue weighted by molar-refractivity contribution is 6.31. The molecule has 0 unspecified atom stereocenters. The summed E-state index contributed by atoms with van der Waals surface area (Å²) in [4.78, 5) is 17.7. The summed E-state index contributed by atoms with van der Waals surface area (Å²) < 4.78 is 0. The summed E-state index contributed by atoms with van der Waals surface area (Å²) in [6, 6.07) is 34.5. The van der Waals surface area contributed by atoms with Gasteiger partial charge in [-0.05, 0) is 59.7 Å². The van der Waals surface area contributed by atoms with Gasteiger partial charge in [0.05, 0.1) is 12.1 Å². The lowest BCUT2D eigenvalue weighted by atomic mass is 9.92. The molecule has 4 aromatic carbocycles. The fourth-order valence-electron chi connectivity index (χ4n) is 4.35. The van der Waals surface area contributed by atoms with E-state index in [1.54, 1.807) is 0 Å². The Morgan fingerprint density at radius 1 is 0.500 bits per heavy atom. The normalized spacial score (nSPS) is 18.2. The maximum atomic E-state index is 14.0. The molecule has 0 aliphatic carbocycles. The molecule has 1 saturated heterocycles. The van der Waals surface area contributed by atoms with Crippen molar-refractivity contribution >= 4 is 40.6 Å². The standard InChI is InChI=1S/C27H20Cl2N2O/c28-21-11-15-23(16-12-21)30-25(19-7-3-1-4-8-19)26(20-9-5-2-6-10-20)31(27(30)32)24-17-13-22(29)14-18-24/h1-18,25-26H/t25-,26-/m1/s1. The van der Waals surface area contributed by atoms with Gasteiger partial charge in [-0.3, -0.25) is 9.80 Å². The molecule has 1 aliphatic heterocycles. The Bertz CT molecular complexity index is 1120. The van der Waals surface area contributed by atoms with Crippen molar-refractivity contribution in [3.63, 3.8) is 0 Å². The average molecular weight is 459 g/mol. The minimum absolute atomic E-state index is 0.0997. The Balaban J connectivity index is 1.73. The molecule has 0 N–H and O–H groups in total. The molecule has 32 heavy (non-hydrogen) atoms. The van der Waals surface area contributed by atoms with Crippen molar-refractivity contribution in [2.75, 3.05) is 9.80 Å². The first-order chi connectivity index (χ1) is 15.6. The van der Waals surface area contributed by atoms with Gasteiger partial charge in [-0.15, -0.1) is 0 Å². The van der Waals surface area contributed by atoms with Crippen molar-refractivity contribution in [3.05, 3.63) is 130 Å². The molecule has 0 aromatic heterocycles. The zero-order chi connectivity index (χ0) is 22.1. The molecule has 2 amide bonds. The van der Waals surface area contributed by atoms with Gasteiger partial charge >= 0.3 is 6.03 Å². The van der Waals surface area contributed by atoms with E-state index < -0.39 is 0 Å². The molecule has 0 bridgehead atoms. The second-order valence-corrected chi connectivity index (χ2v) is 8.56. The van der Waals surface area contributed by atoms with Crippen molar-refractivity contribution in [2.45, 2.75) is 12.1 Å². The molecular weight excluding hydrogens is 439 g/mol. The molecule has 1 fully saturated rings. The first-order valence-corrected chi connectivity index (χ1v) is 11.1. The van der Waals surface area contributed by atoms with Crippen LogP contribution in [0.4, 0.5) is 16.2 Å². The van der Waals surface area contributed by atoms with Gasteiger partial charge < -0.3 is 0 Å². The molecule has 1 heterocycles. The van der Waals surface area contributed by atoms with Crippen LogP contribution >= 0.6 is 23.2 Å². The van der Waals surface area contributed by atoms with E-state index in [0.29, 0.717) is 10.0 Å². The topological polar surface area (TPSA) is 23.6 Å². The quantitative estimate of drug-likeness (QED) is 0.304. The Morgan fingerprint density at radius 3 is 1.19 bits per heavy atom. The van der Waals surface area contributed by atoms with Gasteiger partial charge in [0, 0.05) is 21.4 Å². The average Bonchev–Trinajstić information content (AvgIpc) is 3.14. The number of urea groups is 1. The van der Waals surface area contributed by atoms with Crippen molar-refractivity contribution in [3.8, 4) is 0 Å². The molecule has 5 rings (SSSR count). The Kier molecular flexibility index (Phi) is 5.60. The van der Waals surface area contributed by atoms with Gasteiger partial charge in [0.2, 0.25) is 0 Å². The zero-order valence-corrected chi connectivity index (χ0v) is 18.6. The Labute approximate surface area is 197 Å². The Morgan fingerprint density at radius 2 is 0.844 bits per heavy atom. The van der Waals surface area contributed by atoms with Crippen LogP contribution in [0.2, 0.25) is 10.0 Å². The van der Waals surface area contributed by atoms with Gasteiger partial charge in [-0.2, -0.15) is 0 Å². The van der Waals surface area contributed by atoms with Crippen LogP contribution in [0.15, 0.2) is 109 Å². The zero-order valence-electron chi connectivity index (χ0n) is 17.1. The number of halogens is 2. The predicted molar refractivity (Wildman–Crippen MR) is 132 cm³/mol. The summed E-state index contributed by atoms with van der Waals surface area (Å²) in [5, 5.41) is 1.26. The summed E-state index contributed by atoms with van der Waals surface area (Å²) in [5.74, 6) is 0. The van der Waals surface area contributed by atoms with Crippen LogP contribution in [0.3, 0.4) is 0 Å². The molecule has 2 atom stereocenters. The summed E-state index contributed by atoms with van der Waals surface area (Å²) in [5.41, 5.74) is 3.71.